The lowest BCUT2D eigenvalue weighted by Crippen LogP contribution is -2.45. The Kier molecular flexibility index (Phi) is 7.81. The van der Waals surface area contributed by atoms with Gasteiger partial charge in [0.25, 0.3) is 5.91 Å². The van der Waals surface area contributed by atoms with E-state index in [0.29, 0.717) is 36.5 Å². The second-order valence-corrected chi connectivity index (χ2v) is 6.89. The molecule has 1 heterocycles. The molecule has 1 aromatic rings. The highest BCUT2D eigenvalue weighted by atomic mass is 32.2. The Morgan fingerprint density at radius 1 is 1.22 bits per heavy atom. The number of aliphatic carboxylic acids is 1. The van der Waals surface area contributed by atoms with Crippen molar-refractivity contribution in [3.8, 4) is 0 Å². The van der Waals surface area contributed by atoms with Gasteiger partial charge in [0.05, 0.1) is 17.7 Å². The summed E-state index contributed by atoms with van der Waals surface area (Å²) in [5.41, 5.74) is 1.17. The number of likely N-dealkylation sites (tertiary alicyclic amines) is 1. The number of carbonyl (C=O) groups is 3. The van der Waals surface area contributed by atoms with Crippen LogP contribution in [0.5, 0.6) is 0 Å². The summed E-state index contributed by atoms with van der Waals surface area (Å²) in [4.78, 5) is 36.6. The van der Waals surface area contributed by atoms with Crippen LogP contribution in [0.4, 0.5) is 0 Å². The van der Waals surface area contributed by atoms with Gasteiger partial charge in [-0.05, 0) is 31.2 Å². The third-order valence-corrected chi connectivity index (χ3v) is 4.89. The van der Waals surface area contributed by atoms with Crippen molar-refractivity contribution in [3.05, 3.63) is 35.4 Å². The van der Waals surface area contributed by atoms with Gasteiger partial charge >= 0.3 is 5.97 Å². The Labute approximate surface area is 161 Å². The minimum Gasteiger partial charge on any atom is -0.480 e. The third-order valence-electron chi connectivity index (χ3n) is 4.25. The van der Waals surface area contributed by atoms with Crippen LogP contribution in [0.15, 0.2) is 24.3 Å². The van der Waals surface area contributed by atoms with Crippen LogP contribution in [0.1, 0.15) is 28.8 Å². The van der Waals surface area contributed by atoms with Crippen molar-refractivity contribution in [2.24, 2.45) is 0 Å². The molecule has 0 aliphatic carbocycles. The molecule has 0 bridgehead atoms. The molecule has 1 aliphatic rings. The second-order valence-electron chi connectivity index (χ2n) is 6.08. The summed E-state index contributed by atoms with van der Waals surface area (Å²) in [5, 5.41) is 19.4. The standard InChI is InChI=1S/C18H23N3O5S/c1-27-17(19)12-2-4-13(5-3-12)18(25)20-10-15(22)21-8-6-14(7-9-21)26-11-16(23)24/h2-5,14,19H,6-11H2,1H3,(H,20,25)(H,23,24). The number of hydrogen-bond acceptors (Lipinski definition) is 6. The monoisotopic (exact) mass is 393 g/mol. The molecule has 1 aromatic carbocycles. The number of nitrogens with one attached hydrogen (secondary N) is 2. The van der Waals surface area contributed by atoms with Crippen LogP contribution in [0.2, 0.25) is 0 Å². The molecular weight excluding hydrogens is 370 g/mol. The molecule has 2 amide bonds. The average Bonchev–Trinajstić information content (AvgIpc) is 2.70. The van der Waals surface area contributed by atoms with E-state index in [1.807, 2.05) is 6.26 Å². The topological polar surface area (TPSA) is 120 Å². The van der Waals surface area contributed by atoms with Crippen LogP contribution >= 0.6 is 11.8 Å². The fourth-order valence-electron chi connectivity index (χ4n) is 2.72. The number of carboxylic acid groups (broad SMARTS) is 1. The summed E-state index contributed by atoms with van der Waals surface area (Å²) in [6.45, 7) is 0.528. The number of carboxylic acids is 1. The SMILES string of the molecule is CSC(=N)c1ccc(C(=O)NCC(=O)N2CCC(OCC(=O)O)CC2)cc1. The van der Waals surface area contributed by atoms with Crippen molar-refractivity contribution in [1.29, 1.82) is 5.41 Å². The third kappa shape index (κ3) is 6.37. The van der Waals surface area contributed by atoms with Crippen LogP contribution in [-0.2, 0) is 14.3 Å². The zero-order chi connectivity index (χ0) is 19.8. The van der Waals surface area contributed by atoms with Crippen LogP contribution in [0.3, 0.4) is 0 Å². The Morgan fingerprint density at radius 2 is 1.81 bits per heavy atom. The van der Waals surface area contributed by atoms with Gasteiger partial charge in [-0.25, -0.2) is 4.79 Å². The number of carbonyl (C=O) groups excluding carboxylic acids is 2. The van der Waals surface area contributed by atoms with Crippen LogP contribution < -0.4 is 5.32 Å². The van der Waals surface area contributed by atoms with Crippen molar-refractivity contribution >= 4 is 34.6 Å². The summed E-state index contributed by atoms with van der Waals surface area (Å²) in [5.74, 6) is -1.53. The van der Waals surface area contributed by atoms with Gasteiger partial charge in [-0.2, -0.15) is 0 Å². The summed E-state index contributed by atoms with van der Waals surface area (Å²) in [6, 6.07) is 6.67. The Hall–Kier alpha value is -2.39. The number of rotatable bonds is 7. The van der Waals surface area contributed by atoms with Gasteiger partial charge in [0.15, 0.2) is 0 Å². The Bertz CT molecular complexity index is 699. The summed E-state index contributed by atoms with van der Waals surface area (Å²) in [6.07, 6.45) is 2.82. The molecule has 146 valence electrons. The lowest BCUT2D eigenvalue weighted by atomic mass is 10.1. The van der Waals surface area contributed by atoms with E-state index in [1.54, 1.807) is 29.2 Å². The summed E-state index contributed by atoms with van der Waals surface area (Å²) in [7, 11) is 0. The Morgan fingerprint density at radius 3 is 2.37 bits per heavy atom. The van der Waals surface area contributed by atoms with E-state index >= 15 is 0 Å². The molecule has 8 nitrogen and oxygen atoms in total. The normalized spacial score (nSPS) is 14.6. The maximum absolute atomic E-state index is 12.2. The van der Waals surface area contributed by atoms with Gasteiger partial charge in [0, 0.05) is 24.2 Å². The first kappa shape index (κ1) is 20.9. The fourth-order valence-corrected chi connectivity index (χ4v) is 3.09. The molecule has 0 aromatic heterocycles. The maximum atomic E-state index is 12.2. The summed E-state index contributed by atoms with van der Waals surface area (Å²) >= 11 is 1.32. The smallest absolute Gasteiger partial charge is 0.329 e. The molecule has 0 spiro atoms. The first-order valence-corrected chi connectivity index (χ1v) is 9.75. The predicted octanol–water partition coefficient (Wildman–Crippen LogP) is 1.20. The van der Waals surface area contributed by atoms with Crippen molar-refractivity contribution in [2.75, 3.05) is 32.5 Å². The molecule has 1 saturated heterocycles. The lowest BCUT2D eigenvalue weighted by Gasteiger charge is -2.31. The molecule has 0 saturated carbocycles. The van der Waals surface area contributed by atoms with E-state index in [2.05, 4.69) is 5.32 Å². The van der Waals surface area contributed by atoms with Crippen molar-refractivity contribution in [1.82, 2.24) is 10.2 Å². The molecule has 1 aliphatic heterocycles. The van der Waals surface area contributed by atoms with Gasteiger partial charge in [-0.3, -0.25) is 15.0 Å². The highest BCUT2D eigenvalue weighted by Gasteiger charge is 2.24. The van der Waals surface area contributed by atoms with E-state index in [-0.39, 0.29) is 31.1 Å². The second kappa shape index (κ2) is 10.1. The maximum Gasteiger partial charge on any atom is 0.329 e. The minimum atomic E-state index is -1.01. The van der Waals surface area contributed by atoms with Crippen LogP contribution in [0.25, 0.3) is 0 Å². The predicted molar refractivity (Wildman–Crippen MR) is 102 cm³/mol. The molecular formula is C18H23N3O5S. The number of benzene rings is 1. The van der Waals surface area contributed by atoms with Gasteiger partial charge in [-0.1, -0.05) is 12.1 Å². The van der Waals surface area contributed by atoms with Gasteiger partial charge in [0.2, 0.25) is 5.91 Å². The van der Waals surface area contributed by atoms with E-state index in [1.165, 1.54) is 11.8 Å². The van der Waals surface area contributed by atoms with Gasteiger partial charge in [0.1, 0.15) is 6.61 Å². The van der Waals surface area contributed by atoms with Crippen molar-refractivity contribution < 1.29 is 24.2 Å². The lowest BCUT2D eigenvalue weighted by molar-refractivity contribution is -0.146. The van der Waals surface area contributed by atoms with E-state index < -0.39 is 5.97 Å². The first-order chi connectivity index (χ1) is 12.9. The number of amides is 2. The van der Waals surface area contributed by atoms with E-state index in [4.69, 9.17) is 15.3 Å². The van der Waals surface area contributed by atoms with Crippen molar-refractivity contribution in [3.63, 3.8) is 0 Å². The molecule has 1 fully saturated rings. The van der Waals surface area contributed by atoms with E-state index in [9.17, 15) is 14.4 Å². The number of nitrogens with zero attached hydrogens (tertiary/aromatic N) is 1. The van der Waals surface area contributed by atoms with Crippen molar-refractivity contribution in [2.45, 2.75) is 18.9 Å². The highest BCUT2D eigenvalue weighted by molar-refractivity contribution is 8.13. The van der Waals surface area contributed by atoms with Crippen LogP contribution in [0, 0.1) is 5.41 Å². The van der Waals surface area contributed by atoms with Gasteiger partial charge < -0.3 is 20.1 Å². The highest BCUT2D eigenvalue weighted by Crippen LogP contribution is 2.14. The van der Waals surface area contributed by atoms with E-state index in [0.717, 1.165) is 5.56 Å². The average molecular weight is 393 g/mol. The molecule has 0 atom stereocenters. The molecule has 0 radical (unpaired) electrons. The van der Waals surface area contributed by atoms with Gasteiger partial charge in [-0.15, -0.1) is 11.8 Å². The number of piperidine rings is 1. The molecule has 27 heavy (non-hydrogen) atoms. The molecule has 2 rings (SSSR count). The molecule has 3 N–H and O–H groups in total. The first-order valence-electron chi connectivity index (χ1n) is 8.53. The number of ether oxygens (including phenoxy) is 1. The number of hydrogen-bond donors (Lipinski definition) is 3. The molecule has 9 heteroatoms. The minimum absolute atomic E-state index is 0.0954. The summed E-state index contributed by atoms with van der Waals surface area (Å²) < 4.78 is 5.24. The fraction of sp³-hybridized carbons (Fsp3) is 0.444. The molecule has 0 unspecified atom stereocenters. The zero-order valence-corrected chi connectivity index (χ0v) is 15.9. The zero-order valence-electron chi connectivity index (χ0n) is 15.1. The largest absolute Gasteiger partial charge is 0.480 e. The Balaban J connectivity index is 1.76. The quantitative estimate of drug-likeness (QED) is 0.473. The number of thioether (sulfide) groups is 1. The van der Waals surface area contributed by atoms with Crippen LogP contribution in [-0.4, -0.2) is 71.4 Å².